The van der Waals surface area contributed by atoms with Crippen molar-refractivity contribution >= 4 is 17.7 Å². The number of carbonyl (C=O) groups is 2. The largest absolute Gasteiger partial charge is 0.459 e. The van der Waals surface area contributed by atoms with Crippen LogP contribution < -0.4 is 5.73 Å². The Hall–Kier alpha value is -4.10. The molecule has 0 aliphatic carbocycles. The second kappa shape index (κ2) is 24.7. The van der Waals surface area contributed by atoms with E-state index in [9.17, 15) is 40.2 Å². The third kappa shape index (κ3) is 12.9. The van der Waals surface area contributed by atoms with E-state index in [1.165, 1.54) is 25.8 Å². The predicted octanol–water partition coefficient (Wildman–Crippen LogP) is 3.22. The van der Waals surface area contributed by atoms with Crippen LogP contribution in [0.4, 0.5) is 5.95 Å². The fraction of sp³-hybridized carbons (Fsp3) is 0.741. The highest BCUT2D eigenvalue weighted by molar-refractivity contribution is 5.83. The van der Waals surface area contributed by atoms with Gasteiger partial charge in [0.05, 0.1) is 59.9 Å². The molecule has 0 spiro atoms. The Bertz CT molecular complexity index is 2330. The van der Waals surface area contributed by atoms with Crippen molar-refractivity contribution in [3.05, 3.63) is 54.1 Å². The molecule has 8 N–H and O–H groups in total. The van der Waals surface area contributed by atoms with Crippen LogP contribution in [-0.4, -0.2) is 185 Å². The van der Waals surface area contributed by atoms with Gasteiger partial charge in [0, 0.05) is 81.6 Å². The molecular formula is C54H85N7O14. The predicted molar refractivity (Wildman–Crippen MR) is 275 cm³/mol. The molecule has 20 atom stereocenters. The summed E-state index contributed by atoms with van der Waals surface area (Å²) in [7, 11) is 4.91. The molecule has 1 aromatic carbocycles. The summed E-state index contributed by atoms with van der Waals surface area (Å²) in [5.41, 5.74) is 3.96. The summed E-state index contributed by atoms with van der Waals surface area (Å²) in [5.74, 6) is -5.07. The first-order valence-electron chi connectivity index (χ1n) is 26.4. The second-order valence-corrected chi connectivity index (χ2v) is 22.3. The molecule has 0 saturated carbocycles. The molecule has 0 amide bonds. The number of esters is 1. The zero-order valence-electron chi connectivity index (χ0n) is 46.0. The standard InChI is InChI=1S/C54H85N7O14/c1-14-41-54(10,69)46(66)32(6)43(63)28(2)22-53(9,71-13)48(30(4)42(31(5)49(68)74-41)40-23-52(8,70-12)47(67)33(7)73-40)75-50-45(65)38(21-29(3)72-50)60(11)20-19-37-26-61(59-58-37)39(27-62)44(64)35-17-15-34(16-18-35)36-24-56-51(55)57-25-36/h15-18,24-26,28-33,38-42,44-48,50,62,64-67,69H,14,19-23,27H2,1-13H3,(H2,55,56,57)/t28-,29-,30+,31-,32+,33+,38+,39-,40-,41-,42?,44-,45-,46-,47+,48-,50+,52-,53-,54-/m1/s1. The minimum absolute atomic E-state index is 0.0684. The Morgan fingerprint density at radius 1 is 0.907 bits per heavy atom. The molecule has 21 nitrogen and oxygen atoms in total. The van der Waals surface area contributed by atoms with Crippen LogP contribution in [-0.2, 0) is 44.4 Å². The third-order valence-electron chi connectivity index (χ3n) is 17.0. The van der Waals surface area contributed by atoms with Gasteiger partial charge in [0.2, 0.25) is 5.95 Å². The SMILES string of the molecule is CC[C@H]1OC(=O)[C@H](C)C([C@H]2C[C@@](C)(OC)[C@@H](O)[C@H](C)O2)[C@H](C)[C@@H](O[C@@H]2O[C@H](C)C[C@H](N(C)CCc3cn([C@H](CO)[C@H](O)c4ccc(-c5cnc(N)nc5)cc4)nn3)[C@H]2O)[C@](C)(OC)C[C@@H](C)C(=O)[C@H](C)[C@@H](O)[C@]1(C)O. The van der Waals surface area contributed by atoms with Gasteiger partial charge in [-0.1, -0.05) is 64.1 Å². The molecule has 21 heteroatoms. The molecule has 420 valence electrons. The van der Waals surface area contributed by atoms with Crippen molar-refractivity contribution in [3.63, 3.8) is 0 Å². The van der Waals surface area contributed by atoms with Gasteiger partial charge >= 0.3 is 5.97 Å². The summed E-state index contributed by atoms with van der Waals surface area (Å²) >= 11 is 0. The van der Waals surface area contributed by atoms with Gasteiger partial charge in [0.15, 0.2) is 6.29 Å². The second-order valence-electron chi connectivity index (χ2n) is 22.3. The number of nitrogens with two attached hydrogens (primary N) is 1. The van der Waals surface area contributed by atoms with Gasteiger partial charge in [-0.05, 0) is 78.0 Å². The number of nitrogens with zero attached hydrogens (tertiary/aromatic N) is 6. The summed E-state index contributed by atoms with van der Waals surface area (Å²) in [4.78, 5) is 39.0. The number of aliphatic hydroxyl groups excluding tert-OH is 5. The Morgan fingerprint density at radius 3 is 2.15 bits per heavy atom. The number of anilines is 1. The van der Waals surface area contributed by atoms with E-state index in [0.29, 0.717) is 30.6 Å². The number of hydrogen-bond donors (Lipinski definition) is 7. The molecular weight excluding hydrogens is 971 g/mol. The fourth-order valence-corrected chi connectivity index (χ4v) is 12.0. The number of benzene rings is 1. The first-order chi connectivity index (χ1) is 35.2. The van der Waals surface area contributed by atoms with Crippen molar-refractivity contribution in [2.45, 2.75) is 191 Å². The highest BCUT2D eigenvalue weighted by atomic mass is 16.7. The zero-order chi connectivity index (χ0) is 55.5. The Morgan fingerprint density at radius 2 is 1.55 bits per heavy atom. The number of ether oxygens (including phenoxy) is 6. The van der Waals surface area contributed by atoms with Crippen LogP contribution in [0.1, 0.15) is 118 Å². The molecule has 5 heterocycles. The van der Waals surface area contributed by atoms with E-state index in [1.807, 2.05) is 44.9 Å². The van der Waals surface area contributed by atoms with E-state index >= 15 is 0 Å². The molecule has 0 bridgehead atoms. The quantitative estimate of drug-likeness (QED) is 0.108. The van der Waals surface area contributed by atoms with E-state index in [1.54, 1.807) is 72.3 Å². The van der Waals surface area contributed by atoms with Crippen LogP contribution in [0, 0.1) is 29.6 Å². The van der Waals surface area contributed by atoms with Crippen LogP contribution in [0.5, 0.6) is 0 Å². The number of ketones is 1. The number of likely N-dealkylation sites (N-methyl/N-ethyl adjacent to an activating group) is 1. The molecule has 3 fully saturated rings. The summed E-state index contributed by atoms with van der Waals surface area (Å²) < 4.78 is 40.1. The maximum Gasteiger partial charge on any atom is 0.309 e. The Labute approximate surface area is 441 Å². The van der Waals surface area contributed by atoms with Gasteiger partial charge in [-0.25, -0.2) is 14.6 Å². The van der Waals surface area contributed by atoms with Crippen LogP contribution in [0.3, 0.4) is 0 Å². The van der Waals surface area contributed by atoms with Crippen molar-refractivity contribution in [1.82, 2.24) is 29.9 Å². The Balaban J connectivity index is 1.27. The lowest BCUT2D eigenvalue weighted by atomic mass is 9.67. The molecule has 3 saturated heterocycles. The van der Waals surface area contributed by atoms with Gasteiger partial charge in [-0.3, -0.25) is 9.59 Å². The number of aromatic nitrogens is 5. The summed E-state index contributed by atoms with van der Waals surface area (Å²) in [6.45, 7) is 17.2. The molecule has 6 rings (SSSR count). The number of nitrogen functional groups attached to an aromatic ring is 1. The van der Waals surface area contributed by atoms with Crippen LogP contribution in [0.25, 0.3) is 11.1 Å². The van der Waals surface area contributed by atoms with E-state index in [2.05, 4.69) is 20.3 Å². The molecule has 3 aromatic rings. The minimum atomic E-state index is -2.00. The highest BCUT2D eigenvalue weighted by Crippen LogP contribution is 2.46. The van der Waals surface area contributed by atoms with Gasteiger partial charge in [-0.15, -0.1) is 5.10 Å². The van der Waals surface area contributed by atoms with Crippen molar-refractivity contribution in [2.75, 3.05) is 40.2 Å². The van der Waals surface area contributed by atoms with Crippen molar-refractivity contribution in [1.29, 1.82) is 0 Å². The van der Waals surface area contributed by atoms with Crippen LogP contribution >= 0.6 is 0 Å². The topological polar surface area (TPSA) is 297 Å². The summed E-state index contributed by atoms with van der Waals surface area (Å²) in [6.07, 6.45) is -4.16. The average Bonchev–Trinajstić information content (AvgIpc) is 3.86. The van der Waals surface area contributed by atoms with Gasteiger partial charge in [0.25, 0.3) is 0 Å². The monoisotopic (exact) mass is 1060 g/mol. The van der Waals surface area contributed by atoms with E-state index < -0.39 is 132 Å². The minimum Gasteiger partial charge on any atom is -0.459 e. The number of methoxy groups -OCH3 is 2. The van der Waals surface area contributed by atoms with Crippen LogP contribution in [0.2, 0.25) is 0 Å². The summed E-state index contributed by atoms with van der Waals surface area (Å²) in [5, 5.41) is 77.7. The summed E-state index contributed by atoms with van der Waals surface area (Å²) in [6, 6.07) is 5.83. The van der Waals surface area contributed by atoms with Gasteiger partial charge in [-0.2, -0.15) is 0 Å². The first kappa shape index (κ1) is 60.1. The number of cyclic esters (lactones) is 1. The lowest BCUT2D eigenvalue weighted by molar-refractivity contribution is -0.305. The fourth-order valence-electron chi connectivity index (χ4n) is 12.0. The number of rotatable bonds is 15. The molecule has 3 aliphatic heterocycles. The van der Waals surface area contributed by atoms with Gasteiger partial charge < -0.3 is 69.7 Å². The Kier molecular flexibility index (Phi) is 19.8. The molecule has 2 aromatic heterocycles. The molecule has 1 unspecified atom stereocenters. The van der Waals surface area contributed by atoms with E-state index in [-0.39, 0.29) is 31.0 Å². The van der Waals surface area contributed by atoms with Crippen molar-refractivity contribution in [3.8, 4) is 11.1 Å². The zero-order valence-corrected chi connectivity index (χ0v) is 46.0. The average molecular weight is 1060 g/mol. The first-order valence-corrected chi connectivity index (χ1v) is 26.4. The molecule has 3 aliphatic rings. The normalized spacial score (nSPS) is 38.4. The number of carbonyl (C=O) groups excluding carboxylic acids is 2. The van der Waals surface area contributed by atoms with Crippen molar-refractivity contribution < 1.29 is 68.6 Å². The van der Waals surface area contributed by atoms with Gasteiger partial charge in [0.1, 0.15) is 41.8 Å². The highest BCUT2D eigenvalue weighted by Gasteiger charge is 2.56. The number of hydrogen-bond acceptors (Lipinski definition) is 20. The molecule has 75 heavy (non-hydrogen) atoms. The number of Topliss-reactive ketones (excluding diaryl/α,β-unsaturated/α-hetero) is 1. The van der Waals surface area contributed by atoms with E-state index in [0.717, 1.165) is 11.1 Å². The van der Waals surface area contributed by atoms with Crippen LogP contribution in [0.15, 0.2) is 42.9 Å². The lowest BCUT2D eigenvalue weighted by Gasteiger charge is -2.52. The number of aliphatic hydroxyl groups is 6. The lowest BCUT2D eigenvalue weighted by Crippen LogP contribution is -2.62. The maximum atomic E-state index is 14.6. The third-order valence-corrected chi connectivity index (χ3v) is 17.0. The van der Waals surface area contributed by atoms with Crippen molar-refractivity contribution in [2.24, 2.45) is 29.6 Å². The smallest absolute Gasteiger partial charge is 0.309 e. The van der Waals surface area contributed by atoms with E-state index in [4.69, 9.17) is 34.2 Å². The molecule has 0 radical (unpaired) electrons. The maximum absolute atomic E-state index is 14.6.